The molecule has 1 heterocycles. The van der Waals surface area contributed by atoms with Gasteiger partial charge in [0.1, 0.15) is 23.8 Å². The number of halogens is 1. The van der Waals surface area contributed by atoms with Crippen molar-refractivity contribution in [1.29, 1.82) is 0 Å². The topological polar surface area (TPSA) is 207 Å². The molecule has 13 nitrogen and oxygen atoms in total. The standard InChI is InChI=1S/C38H36ClN5O8/c39-27-12-13-28-26(18-27)19-31(41-28)37(51)43-30(17-23-10-11-24-8-4-5-9-25(24)16-23)36(50)44-32(20-34(47)48)38(52)42-29(14-15-33(45)46)35(49)40-21-22-6-2-1-3-7-22/h1-13,16,18-19,29-30,32,41H,14-15,17,20-21H2,(H,40,49)(H,42,52)(H,43,51)(H,44,50)(H,45,46)(H,47,48)/t29-,30-,32-/m0/s1. The van der Waals surface area contributed by atoms with Crippen LogP contribution >= 0.6 is 11.6 Å². The van der Waals surface area contributed by atoms with Gasteiger partial charge in [0.15, 0.2) is 0 Å². The summed E-state index contributed by atoms with van der Waals surface area (Å²) in [5.74, 6) is -5.86. The lowest BCUT2D eigenvalue weighted by Crippen LogP contribution is -2.57. The lowest BCUT2D eigenvalue weighted by molar-refractivity contribution is -0.141. The fourth-order valence-corrected chi connectivity index (χ4v) is 5.83. The zero-order chi connectivity index (χ0) is 37.2. The van der Waals surface area contributed by atoms with Crippen LogP contribution in [-0.2, 0) is 36.9 Å². The highest BCUT2D eigenvalue weighted by Gasteiger charge is 2.32. The van der Waals surface area contributed by atoms with Crippen LogP contribution in [0.25, 0.3) is 21.7 Å². The van der Waals surface area contributed by atoms with Gasteiger partial charge in [-0.15, -0.1) is 0 Å². The minimum absolute atomic E-state index is 0.0288. The zero-order valence-corrected chi connectivity index (χ0v) is 28.5. The van der Waals surface area contributed by atoms with E-state index < -0.39 is 66.5 Å². The number of aromatic nitrogens is 1. The molecule has 5 rings (SSSR count). The first-order valence-corrected chi connectivity index (χ1v) is 16.8. The second-order valence-electron chi connectivity index (χ2n) is 12.2. The lowest BCUT2D eigenvalue weighted by atomic mass is 10.0. The van der Waals surface area contributed by atoms with Crippen LogP contribution in [0.4, 0.5) is 0 Å². The minimum Gasteiger partial charge on any atom is -0.481 e. The molecule has 0 spiro atoms. The number of nitrogens with one attached hydrogen (secondary N) is 5. The number of aromatic amines is 1. The molecular formula is C38H36ClN5O8. The second kappa shape index (κ2) is 17.1. The minimum atomic E-state index is -1.69. The molecule has 0 aliphatic carbocycles. The van der Waals surface area contributed by atoms with Gasteiger partial charge in [-0.2, -0.15) is 0 Å². The van der Waals surface area contributed by atoms with E-state index in [4.69, 9.17) is 11.6 Å². The third-order valence-corrected chi connectivity index (χ3v) is 8.54. The summed E-state index contributed by atoms with van der Waals surface area (Å²) in [7, 11) is 0. The van der Waals surface area contributed by atoms with Crippen molar-refractivity contribution in [2.24, 2.45) is 0 Å². The number of H-pyrrole nitrogens is 1. The highest BCUT2D eigenvalue weighted by atomic mass is 35.5. The molecule has 0 radical (unpaired) electrons. The van der Waals surface area contributed by atoms with E-state index in [9.17, 15) is 39.0 Å². The molecule has 0 saturated carbocycles. The molecule has 0 unspecified atom stereocenters. The van der Waals surface area contributed by atoms with Gasteiger partial charge in [0.2, 0.25) is 17.7 Å². The fraction of sp³-hybridized carbons (Fsp3) is 0.211. The Labute approximate surface area is 302 Å². The Morgan fingerprint density at radius 3 is 2.06 bits per heavy atom. The molecule has 0 aliphatic heterocycles. The third kappa shape index (κ3) is 10.2. The molecule has 0 bridgehead atoms. The number of carboxylic acid groups (broad SMARTS) is 2. The maximum absolute atomic E-state index is 13.9. The number of amides is 4. The van der Waals surface area contributed by atoms with Crippen LogP contribution in [0.1, 0.15) is 40.9 Å². The highest BCUT2D eigenvalue weighted by Crippen LogP contribution is 2.21. The van der Waals surface area contributed by atoms with Crippen molar-refractivity contribution < 1.29 is 39.0 Å². The van der Waals surface area contributed by atoms with E-state index in [1.165, 1.54) is 0 Å². The van der Waals surface area contributed by atoms with Gasteiger partial charge in [0.25, 0.3) is 5.91 Å². The van der Waals surface area contributed by atoms with Gasteiger partial charge in [-0.05, 0) is 52.6 Å². The predicted molar refractivity (Wildman–Crippen MR) is 193 cm³/mol. The Hall–Kier alpha value is -6.21. The van der Waals surface area contributed by atoms with Crippen molar-refractivity contribution >= 4 is 68.8 Å². The summed E-state index contributed by atoms with van der Waals surface area (Å²) in [5.41, 5.74) is 2.20. The lowest BCUT2D eigenvalue weighted by Gasteiger charge is -2.25. The Balaban J connectivity index is 1.36. The smallest absolute Gasteiger partial charge is 0.305 e. The maximum atomic E-state index is 13.9. The number of rotatable bonds is 16. The van der Waals surface area contributed by atoms with Gasteiger partial charge in [-0.25, -0.2) is 0 Å². The summed E-state index contributed by atoms with van der Waals surface area (Å²) < 4.78 is 0. The van der Waals surface area contributed by atoms with Crippen molar-refractivity contribution in [1.82, 2.24) is 26.3 Å². The Morgan fingerprint density at radius 1 is 0.635 bits per heavy atom. The van der Waals surface area contributed by atoms with Gasteiger partial charge in [-0.1, -0.05) is 84.4 Å². The fourth-order valence-electron chi connectivity index (χ4n) is 5.65. The molecule has 7 N–H and O–H groups in total. The van der Waals surface area contributed by atoms with Crippen molar-refractivity contribution in [2.75, 3.05) is 0 Å². The van der Waals surface area contributed by atoms with E-state index in [1.54, 1.807) is 60.7 Å². The summed E-state index contributed by atoms with van der Waals surface area (Å²) in [4.78, 5) is 80.2. The molecule has 4 aromatic carbocycles. The average molecular weight is 726 g/mol. The molecular weight excluding hydrogens is 690 g/mol. The summed E-state index contributed by atoms with van der Waals surface area (Å²) in [5, 5.41) is 32.1. The second-order valence-corrected chi connectivity index (χ2v) is 12.6. The van der Waals surface area contributed by atoms with E-state index in [0.29, 0.717) is 21.5 Å². The molecule has 0 aliphatic rings. The van der Waals surface area contributed by atoms with Crippen molar-refractivity contribution in [3.05, 3.63) is 119 Å². The monoisotopic (exact) mass is 725 g/mol. The first-order chi connectivity index (χ1) is 24.9. The van der Waals surface area contributed by atoms with Gasteiger partial charge in [0.05, 0.1) is 6.42 Å². The molecule has 1 aromatic heterocycles. The summed E-state index contributed by atoms with van der Waals surface area (Å²) in [6.45, 7) is 0.0912. The zero-order valence-electron chi connectivity index (χ0n) is 27.7. The first kappa shape index (κ1) is 37.1. The Kier molecular flexibility index (Phi) is 12.2. The van der Waals surface area contributed by atoms with E-state index in [0.717, 1.165) is 16.3 Å². The number of hydrogen-bond acceptors (Lipinski definition) is 6. The van der Waals surface area contributed by atoms with Gasteiger partial charge in [-0.3, -0.25) is 28.8 Å². The average Bonchev–Trinajstić information content (AvgIpc) is 3.55. The molecule has 4 amide bonds. The van der Waals surface area contributed by atoms with Crippen LogP contribution in [-0.4, -0.2) is 68.9 Å². The number of hydrogen-bond donors (Lipinski definition) is 7. The van der Waals surface area contributed by atoms with E-state index >= 15 is 0 Å². The molecule has 14 heteroatoms. The van der Waals surface area contributed by atoms with Gasteiger partial charge in [0, 0.05) is 35.3 Å². The van der Waals surface area contributed by atoms with Crippen LogP contribution in [0.15, 0.2) is 97.1 Å². The van der Waals surface area contributed by atoms with Gasteiger partial charge < -0.3 is 36.5 Å². The van der Waals surface area contributed by atoms with E-state index in [2.05, 4.69) is 26.3 Å². The molecule has 5 aromatic rings. The van der Waals surface area contributed by atoms with Crippen molar-refractivity contribution in [3.63, 3.8) is 0 Å². The summed E-state index contributed by atoms with van der Waals surface area (Å²) in [6.07, 6.45) is -1.67. The number of aliphatic carboxylic acids is 2. The van der Waals surface area contributed by atoms with Crippen LogP contribution < -0.4 is 21.3 Å². The number of carboxylic acids is 2. The summed E-state index contributed by atoms with van der Waals surface area (Å²) in [6, 6.07) is 24.2. The number of carbonyl (C=O) groups excluding carboxylic acids is 4. The quantitative estimate of drug-likeness (QED) is 0.0791. The number of carbonyl (C=O) groups is 6. The molecule has 268 valence electrons. The van der Waals surface area contributed by atoms with Crippen molar-refractivity contribution in [2.45, 2.75) is 50.4 Å². The first-order valence-electron chi connectivity index (χ1n) is 16.4. The van der Waals surface area contributed by atoms with Crippen LogP contribution in [0, 0.1) is 0 Å². The molecule has 3 atom stereocenters. The summed E-state index contributed by atoms with van der Waals surface area (Å²) >= 11 is 6.11. The Morgan fingerprint density at radius 2 is 1.33 bits per heavy atom. The van der Waals surface area contributed by atoms with Gasteiger partial charge >= 0.3 is 11.9 Å². The highest BCUT2D eigenvalue weighted by molar-refractivity contribution is 6.31. The van der Waals surface area contributed by atoms with Crippen LogP contribution in [0.3, 0.4) is 0 Å². The number of fused-ring (bicyclic) bond motifs is 2. The molecule has 0 fully saturated rings. The Bertz CT molecular complexity index is 2120. The van der Waals surface area contributed by atoms with E-state index in [-0.39, 0.29) is 25.1 Å². The SMILES string of the molecule is O=C(O)CC[C@H](NC(=O)[C@H](CC(=O)O)NC(=O)[C@H](Cc1ccc2ccccc2c1)NC(=O)c1cc2cc(Cl)ccc2[nH]1)C(=O)NCc1ccccc1. The number of benzene rings is 4. The van der Waals surface area contributed by atoms with Crippen molar-refractivity contribution in [3.8, 4) is 0 Å². The molecule has 52 heavy (non-hydrogen) atoms. The molecule has 0 saturated heterocycles. The third-order valence-electron chi connectivity index (χ3n) is 8.30. The maximum Gasteiger partial charge on any atom is 0.305 e. The normalized spacial score (nSPS) is 12.7. The van der Waals surface area contributed by atoms with Crippen LogP contribution in [0.2, 0.25) is 5.02 Å². The predicted octanol–water partition coefficient (Wildman–Crippen LogP) is 3.94. The van der Waals surface area contributed by atoms with Crippen LogP contribution in [0.5, 0.6) is 0 Å². The largest absolute Gasteiger partial charge is 0.481 e. The van der Waals surface area contributed by atoms with E-state index in [1.807, 2.05) is 36.4 Å².